The summed E-state index contributed by atoms with van der Waals surface area (Å²) in [5, 5.41) is 3.78. The van der Waals surface area contributed by atoms with Crippen LogP contribution in [0.1, 0.15) is 68.1 Å². The Morgan fingerprint density at radius 1 is 1.04 bits per heavy atom. The number of fused-ring (bicyclic) bond motifs is 1. The molecule has 3 aliphatic rings. The molecule has 1 aromatic carbocycles. The van der Waals surface area contributed by atoms with E-state index < -0.39 is 0 Å². The van der Waals surface area contributed by atoms with Gasteiger partial charge in [0.1, 0.15) is 6.04 Å². The molecule has 1 saturated heterocycles. The maximum absolute atomic E-state index is 13.3. The van der Waals surface area contributed by atoms with Crippen LogP contribution in [0, 0.1) is 5.92 Å². The van der Waals surface area contributed by atoms with Crippen molar-refractivity contribution in [3.05, 3.63) is 34.9 Å². The number of halogens is 1. The number of carbonyl (C=O) groups is 2. The summed E-state index contributed by atoms with van der Waals surface area (Å²) in [7, 11) is 0. The average molecular weight is 375 g/mol. The highest BCUT2D eigenvalue weighted by molar-refractivity contribution is 6.31. The van der Waals surface area contributed by atoms with Gasteiger partial charge in [-0.2, -0.15) is 0 Å². The van der Waals surface area contributed by atoms with E-state index in [4.69, 9.17) is 11.6 Å². The van der Waals surface area contributed by atoms with Gasteiger partial charge in [-0.3, -0.25) is 9.59 Å². The highest BCUT2D eigenvalue weighted by atomic mass is 35.5. The van der Waals surface area contributed by atoms with Crippen LogP contribution >= 0.6 is 11.6 Å². The monoisotopic (exact) mass is 374 g/mol. The number of carbonyl (C=O) groups excluding carboxylic acids is 2. The van der Waals surface area contributed by atoms with Crippen molar-refractivity contribution in [2.75, 3.05) is 0 Å². The van der Waals surface area contributed by atoms with Crippen LogP contribution in [0.2, 0.25) is 5.02 Å². The first-order valence-corrected chi connectivity index (χ1v) is 10.4. The second-order valence-electron chi connectivity index (χ2n) is 8.08. The molecule has 2 saturated carbocycles. The molecule has 0 radical (unpaired) electrons. The van der Waals surface area contributed by atoms with E-state index >= 15 is 0 Å². The van der Waals surface area contributed by atoms with E-state index in [1.165, 1.54) is 19.3 Å². The molecule has 1 heterocycles. The number of nitrogens with one attached hydrogen (secondary N) is 1. The minimum absolute atomic E-state index is 0.0432. The first kappa shape index (κ1) is 17.8. The number of likely N-dealkylation sites (tertiary alicyclic amines) is 1. The number of hydrogen-bond donors (Lipinski definition) is 1. The fourth-order valence-electron chi connectivity index (χ4n) is 5.12. The molecule has 4 rings (SSSR count). The Hall–Kier alpha value is -1.55. The van der Waals surface area contributed by atoms with E-state index in [-0.39, 0.29) is 29.9 Å². The van der Waals surface area contributed by atoms with Crippen LogP contribution in [0.3, 0.4) is 0 Å². The van der Waals surface area contributed by atoms with Crippen LogP contribution in [0.25, 0.3) is 0 Å². The molecule has 140 valence electrons. The molecular weight excluding hydrogens is 348 g/mol. The van der Waals surface area contributed by atoms with Gasteiger partial charge >= 0.3 is 0 Å². The van der Waals surface area contributed by atoms with Gasteiger partial charge in [0.2, 0.25) is 5.91 Å². The fourth-order valence-corrected chi connectivity index (χ4v) is 5.31. The molecule has 0 bridgehead atoms. The van der Waals surface area contributed by atoms with Gasteiger partial charge in [0.15, 0.2) is 0 Å². The molecular formula is C21H27ClN2O2. The number of amides is 2. The van der Waals surface area contributed by atoms with Gasteiger partial charge in [-0.15, -0.1) is 0 Å². The lowest BCUT2D eigenvalue weighted by Crippen LogP contribution is -2.51. The number of nitrogens with zero attached hydrogens (tertiary/aromatic N) is 1. The first-order chi connectivity index (χ1) is 12.6. The minimum atomic E-state index is -0.338. The van der Waals surface area contributed by atoms with Crippen LogP contribution in [-0.4, -0.2) is 34.8 Å². The number of benzene rings is 1. The van der Waals surface area contributed by atoms with Crippen LogP contribution in [0.15, 0.2) is 24.3 Å². The van der Waals surface area contributed by atoms with Gasteiger partial charge < -0.3 is 10.2 Å². The predicted octanol–water partition coefficient (Wildman–Crippen LogP) is 4.17. The number of rotatable bonds is 3. The standard InChI is InChI=1S/C21H27ClN2O2/c22-16-8-5-7-15(12-16)21(26)24-18-11-4-1-6-14(18)13-19(24)20(25)23-17-9-2-3-10-17/h5,7-8,12,14,17-19H,1-4,6,9-11,13H2,(H,23,25)/t14-,18-,19-/m0/s1. The molecule has 0 unspecified atom stereocenters. The van der Waals surface area contributed by atoms with Crippen LogP contribution in [0.5, 0.6) is 0 Å². The average Bonchev–Trinajstić information content (AvgIpc) is 3.28. The summed E-state index contributed by atoms with van der Waals surface area (Å²) >= 11 is 6.10. The lowest BCUT2D eigenvalue weighted by Gasteiger charge is -2.34. The van der Waals surface area contributed by atoms with Gasteiger partial charge in [-0.05, 0) is 56.2 Å². The van der Waals surface area contributed by atoms with Crippen LogP contribution in [0.4, 0.5) is 0 Å². The molecule has 2 aliphatic carbocycles. The van der Waals surface area contributed by atoms with Crippen molar-refractivity contribution in [1.29, 1.82) is 0 Å². The molecule has 3 atom stereocenters. The summed E-state index contributed by atoms with van der Waals surface area (Å²) in [6, 6.07) is 7.23. The van der Waals surface area contributed by atoms with Gasteiger partial charge in [-0.25, -0.2) is 0 Å². The van der Waals surface area contributed by atoms with E-state index in [0.29, 0.717) is 16.5 Å². The maximum Gasteiger partial charge on any atom is 0.254 e. The summed E-state index contributed by atoms with van der Waals surface area (Å²) in [6.45, 7) is 0. The third-order valence-corrected chi connectivity index (χ3v) is 6.63. The van der Waals surface area contributed by atoms with Crippen molar-refractivity contribution >= 4 is 23.4 Å². The molecule has 26 heavy (non-hydrogen) atoms. The Morgan fingerprint density at radius 3 is 2.54 bits per heavy atom. The predicted molar refractivity (Wildman–Crippen MR) is 102 cm³/mol. The molecule has 0 aromatic heterocycles. The smallest absolute Gasteiger partial charge is 0.254 e. The first-order valence-electron chi connectivity index (χ1n) is 10.0. The van der Waals surface area contributed by atoms with Crippen molar-refractivity contribution in [3.8, 4) is 0 Å². The molecule has 1 N–H and O–H groups in total. The highest BCUT2D eigenvalue weighted by Crippen LogP contribution is 2.40. The second-order valence-corrected chi connectivity index (χ2v) is 8.51. The van der Waals surface area contributed by atoms with Gasteiger partial charge in [0, 0.05) is 22.7 Å². The fraction of sp³-hybridized carbons (Fsp3) is 0.619. The van der Waals surface area contributed by atoms with Crippen molar-refractivity contribution in [2.45, 2.75) is 75.9 Å². The molecule has 1 aliphatic heterocycles. The molecule has 0 spiro atoms. The highest BCUT2D eigenvalue weighted by Gasteiger charge is 2.47. The minimum Gasteiger partial charge on any atom is -0.352 e. The van der Waals surface area contributed by atoms with E-state index in [0.717, 1.165) is 38.5 Å². The molecule has 3 fully saturated rings. The van der Waals surface area contributed by atoms with Crippen molar-refractivity contribution in [3.63, 3.8) is 0 Å². The van der Waals surface area contributed by atoms with E-state index in [9.17, 15) is 9.59 Å². The quantitative estimate of drug-likeness (QED) is 0.863. The van der Waals surface area contributed by atoms with Gasteiger partial charge in [0.25, 0.3) is 5.91 Å². The van der Waals surface area contributed by atoms with E-state index in [1.807, 2.05) is 4.90 Å². The lowest BCUT2D eigenvalue weighted by molar-refractivity contribution is -0.125. The topological polar surface area (TPSA) is 49.4 Å². The van der Waals surface area contributed by atoms with Crippen molar-refractivity contribution in [1.82, 2.24) is 10.2 Å². The largest absolute Gasteiger partial charge is 0.352 e. The molecule has 4 nitrogen and oxygen atoms in total. The Bertz CT molecular complexity index is 686. The zero-order valence-electron chi connectivity index (χ0n) is 15.1. The SMILES string of the molecule is O=C(NC1CCCC1)[C@@H]1C[C@@H]2CCCC[C@@H]2N1C(=O)c1cccc(Cl)c1. The van der Waals surface area contributed by atoms with Gasteiger partial charge in [-0.1, -0.05) is 43.4 Å². The van der Waals surface area contributed by atoms with E-state index in [2.05, 4.69) is 5.32 Å². The Labute approximate surface area is 160 Å². The maximum atomic E-state index is 13.3. The summed E-state index contributed by atoms with van der Waals surface area (Å²) in [5.74, 6) is 0.446. The second kappa shape index (κ2) is 7.59. The summed E-state index contributed by atoms with van der Waals surface area (Å²) in [4.78, 5) is 28.2. The van der Waals surface area contributed by atoms with Crippen molar-refractivity contribution in [2.24, 2.45) is 5.92 Å². The zero-order chi connectivity index (χ0) is 18.1. The molecule has 5 heteroatoms. The molecule has 1 aromatic rings. The third-order valence-electron chi connectivity index (χ3n) is 6.40. The summed E-state index contributed by atoms with van der Waals surface area (Å²) in [5.41, 5.74) is 0.586. The lowest BCUT2D eigenvalue weighted by atomic mass is 9.84. The zero-order valence-corrected chi connectivity index (χ0v) is 15.9. The van der Waals surface area contributed by atoms with Gasteiger partial charge in [0.05, 0.1) is 0 Å². The normalized spacial score (nSPS) is 28.8. The summed E-state index contributed by atoms with van der Waals surface area (Å²) in [6.07, 6.45) is 9.77. The Kier molecular flexibility index (Phi) is 5.21. The molecule has 2 amide bonds. The van der Waals surface area contributed by atoms with Crippen molar-refractivity contribution < 1.29 is 9.59 Å². The van der Waals surface area contributed by atoms with Crippen LogP contribution < -0.4 is 5.32 Å². The summed E-state index contributed by atoms with van der Waals surface area (Å²) < 4.78 is 0. The van der Waals surface area contributed by atoms with Crippen LogP contribution in [-0.2, 0) is 4.79 Å². The number of hydrogen-bond acceptors (Lipinski definition) is 2. The Morgan fingerprint density at radius 2 is 1.77 bits per heavy atom. The van der Waals surface area contributed by atoms with E-state index in [1.54, 1.807) is 24.3 Å². The Balaban J connectivity index is 1.58. The third kappa shape index (κ3) is 3.48.